The number of aromatic nitrogens is 1. The molecule has 1 aromatic heterocycles. The maximum atomic E-state index is 14.3. The molecule has 1 amide bonds. The largest absolute Gasteiger partial charge is 0.507 e. The second kappa shape index (κ2) is 10.3. The predicted octanol–water partition coefficient (Wildman–Crippen LogP) is 5.83. The summed E-state index contributed by atoms with van der Waals surface area (Å²) in [6.07, 6.45) is 0. The van der Waals surface area contributed by atoms with Crippen molar-refractivity contribution < 1.29 is 28.6 Å². The number of hydrogen-bond donors (Lipinski definition) is 1. The van der Waals surface area contributed by atoms with E-state index in [0.29, 0.717) is 16.8 Å². The lowest BCUT2D eigenvalue weighted by Crippen LogP contribution is -2.29. The molecule has 0 saturated carbocycles. The zero-order valence-electron chi connectivity index (χ0n) is 21.2. The lowest BCUT2D eigenvalue weighted by Gasteiger charge is -2.23. The van der Waals surface area contributed by atoms with Crippen LogP contribution in [0.1, 0.15) is 70.4 Å². The molecule has 0 spiro atoms. The number of rotatable bonds is 6. The topological polar surface area (TPSA) is 96.8 Å². The number of ketones is 1. The number of aliphatic hydroxyl groups is 1. The standard InChI is InChI=1S/C28H27FN2O5S/c1-6-36-27(35)25-16(5)30-28(37-25)31-22(18-11-9-17(10-12-18)14(2)3)21(24(33)26(31)34)23(32)19-8-7-15(4)20(29)13-19/h7-14,22,32H,6H2,1-5H3/t22-/m1/s1. The van der Waals surface area contributed by atoms with Crippen molar-refractivity contribution in [1.82, 2.24) is 4.98 Å². The minimum atomic E-state index is -1.04. The SMILES string of the molecule is CCOC(=O)c1sc(N2C(=O)C(=O)C(=C(O)c3ccc(C)c(F)c3)[C@H]2c2ccc(C(C)C)cc2)nc1C. The summed E-state index contributed by atoms with van der Waals surface area (Å²) in [7, 11) is 0. The summed E-state index contributed by atoms with van der Waals surface area (Å²) in [6, 6.07) is 10.4. The van der Waals surface area contributed by atoms with Crippen LogP contribution in [-0.2, 0) is 14.3 Å². The van der Waals surface area contributed by atoms with Crippen LogP contribution in [-0.4, -0.2) is 34.4 Å². The Hall–Kier alpha value is -3.85. The molecule has 0 radical (unpaired) electrons. The van der Waals surface area contributed by atoms with Gasteiger partial charge in [0.1, 0.15) is 16.5 Å². The molecule has 1 atom stereocenters. The van der Waals surface area contributed by atoms with Crippen LogP contribution in [0.25, 0.3) is 5.76 Å². The summed E-state index contributed by atoms with van der Waals surface area (Å²) in [5.74, 6) is -3.20. The molecule has 9 heteroatoms. The van der Waals surface area contributed by atoms with Crippen molar-refractivity contribution >= 4 is 39.9 Å². The Bertz CT molecular complexity index is 1420. The number of thiazole rings is 1. The number of carbonyl (C=O) groups is 3. The molecule has 1 saturated heterocycles. The maximum Gasteiger partial charge on any atom is 0.350 e. The van der Waals surface area contributed by atoms with Crippen LogP contribution in [0.15, 0.2) is 48.0 Å². The summed E-state index contributed by atoms with van der Waals surface area (Å²) in [6.45, 7) is 9.14. The molecular formula is C28H27FN2O5S. The molecule has 37 heavy (non-hydrogen) atoms. The summed E-state index contributed by atoms with van der Waals surface area (Å²) < 4.78 is 19.4. The van der Waals surface area contributed by atoms with Gasteiger partial charge in [-0.3, -0.25) is 14.5 Å². The quantitative estimate of drug-likeness (QED) is 0.190. The molecule has 4 rings (SSSR count). The summed E-state index contributed by atoms with van der Waals surface area (Å²) in [5, 5.41) is 11.3. The molecule has 0 unspecified atom stereocenters. The van der Waals surface area contributed by atoms with Crippen LogP contribution in [0.2, 0.25) is 0 Å². The van der Waals surface area contributed by atoms with Gasteiger partial charge in [-0.2, -0.15) is 0 Å². The maximum absolute atomic E-state index is 14.3. The van der Waals surface area contributed by atoms with Gasteiger partial charge >= 0.3 is 11.9 Å². The van der Waals surface area contributed by atoms with Crippen molar-refractivity contribution in [3.05, 3.63) is 86.7 Å². The lowest BCUT2D eigenvalue weighted by molar-refractivity contribution is -0.132. The van der Waals surface area contributed by atoms with Gasteiger partial charge in [0.15, 0.2) is 5.13 Å². The molecule has 192 valence electrons. The van der Waals surface area contributed by atoms with Crippen molar-refractivity contribution in [2.45, 2.75) is 46.6 Å². The number of amides is 1. The van der Waals surface area contributed by atoms with E-state index in [1.54, 1.807) is 32.9 Å². The van der Waals surface area contributed by atoms with Crippen LogP contribution in [0.5, 0.6) is 0 Å². The molecule has 1 N–H and O–H groups in total. The Morgan fingerprint density at radius 3 is 2.43 bits per heavy atom. The Morgan fingerprint density at radius 1 is 1.16 bits per heavy atom. The molecule has 0 bridgehead atoms. The summed E-state index contributed by atoms with van der Waals surface area (Å²) >= 11 is 0.934. The zero-order valence-corrected chi connectivity index (χ0v) is 22.0. The van der Waals surface area contributed by atoms with E-state index in [-0.39, 0.29) is 33.7 Å². The number of aryl methyl sites for hydroxylation is 2. The smallest absolute Gasteiger partial charge is 0.350 e. The molecule has 7 nitrogen and oxygen atoms in total. The van der Waals surface area contributed by atoms with E-state index in [2.05, 4.69) is 4.98 Å². The number of aliphatic hydroxyl groups excluding tert-OH is 1. The third-order valence-corrected chi connectivity index (χ3v) is 7.40. The predicted molar refractivity (Wildman–Crippen MR) is 139 cm³/mol. The van der Waals surface area contributed by atoms with E-state index in [1.807, 2.05) is 26.0 Å². The van der Waals surface area contributed by atoms with Gasteiger partial charge < -0.3 is 9.84 Å². The molecule has 1 aliphatic rings. The number of carbonyl (C=O) groups excluding carboxylic acids is 3. The number of anilines is 1. The van der Waals surface area contributed by atoms with Gasteiger partial charge in [0.25, 0.3) is 5.78 Å². The fourth-order valence-corrected chi connectivity index (χ4v) is 5.16. The van der Waals surface area contributed by atoms with Gasteiger partial charge in [0.2, 0.25) is 0 Å². The van der Waals surface area contributed by atoms with Gasteiger partial charge in [-0.25, -0.2) is 14.2 Å². The Labute approximate surface area is 218 Å². The van der Waals surface area contributed by atoms with E-state index >= 15 is 0 Å². The van der Waals surface area contributed by atoms with Crippen LogP contribution in [0.3, 0.4) is 0 Å². The third-order valence-electron chi connectivity index (χ3n) is 6.26. The molecule has 3 aromatic rings. The van der Waals surface area contributed by atoms with E-state index in [1.165, 1.54) is 17.0 Å². The van der Waals surface area contributed by atoms with Crippen LogP contribution >= 0.6 is 11.3 Å². The summed E-state index contributed by atoms with van der Waals surface area (Å²) in [5.41, 5.74) is 2.24. The van der Waals surface area contributed by atoms with Crippen molar-refractivity contribution in [2.24, 2.45) is 0 Å². The summed E-state index contributed by atoms with van der Waals surface area (Å²) in [4.78, 5) is 44.9. The fraction of sp³-hybridized carbons (Fsp3) is 0.286. The first-order valence-electron chi connectivity index (χ1n) is 11.9. The Kier molecular flexibility index (Phi) is 7.27. The lowest BCUT2D eigenvalue weighted by atomic mass is 9.93. The highest BCUT2D eigenvalue weighted by molar-refractivity contribution is 7.17. The first-order chi connectivity index (χ1) is 17.5. The molecular weight excluding hydrogens is 495 g/mol. The van der Waals surface area contributed by atoms with Gasteiger partial charge in [-0.05, 0) is 49.4 Å². The van der Waals surface area contributed by atoms with Crippen molar-refractivity contribution in [3.8, 4) is 0 Å². The van der Waals surface area contributed by atoms with Crippen molar-refractivity contribution in [2.75, 3.05) is 11.5 Å². The minimum absolute atomic E-state index is 0.0763. The van der Waals surface area contributed by atoms with E-state index in [4.69, 9.17) is 4.74 Å². The van der Waals surface area contributed by atoms with Crippen LogP contribution in [0, 0.1) is 19.7 Å². The van der Waals surface area contributed by atoms with Gasteiger partial charge in [-0.15, -0.1) is 0 Å². The van der Waals surface area contributed by atoms with Gasteiger partial charge in [-0.1, -0.05) is 61.6 Å². The van der Waals surface area contributed by atoms with E-state index < -0.39 is 35.3 Å². The van der Waals surface area contributed by atoms with E-state index in [0.717, 1.165) is 23.0 Å². The molecule has 2 aromatic carbocycles. The highest BCUT2D eigenvalue weighted by Gasteiger charge is 2.48. The second-order valence-corrected chi connectivity index (χ2v) is 10.1. The first kappa shape index (κ1) is 26.2. The third kappa shape index (κ3) is 4.79. The number of ether oxygens (including phenoxy) is 1. The number of benzene rings is 2. The van der Waals surface area contributed by atoms with Gasteiger partial charge in [0.05, 0.1) is 23.9 Å². The molecule has 1 fully saturated rings. The van der Waals surface area contributed by atoms with Crippen LogP contribution < -0.4 is 4.90 Å². The van der Waals surface area contributed by atoms with Gasteiger partial charge in [0, 0.05) is 5.56 Å². The number of Topliss-reactive ketones (excluding diaryl/α,β-unsaturated/α-hetero) is 1. The zero-order chi connectivity index (χ0) is 27.0. The fourth-order valence-electron chi connectivity index (χ4n) is 4.18. The molecule has 2 heterocycles. The highest BCUT2D eigenvalue weighted by Crippen LogP contribution is 2.44. The normalized spacial score (nSPS) is 17.1. The van der Waals surface area contributed by atoms with Crippen LogP contribution in [0.4, 0.5) is 9.52 Å². The van der Waals surface area contributed by atoms with Crippen molar-refractivity contribution in [3.63, 3.8) is 0 Å². The average molecular weight is 523 g/mol. The van der Waals surface area contributed by atoms with Crippen molar-refractivity contribution in [1.29, 1.82) is 0 Å². The highest BCUT2D eigenvalue weighted by atomic mass is 32.1. The monoisotopic (exact) mass is 522 g/mol. The Balaban J connectivity index is 1.92. The average Bonchev–Trinajstić information content (AvgIpc) is 3.37. The Morgan fingerprint density at radius 2 is 1.84 bits per heavy atom. The molecule has 1 aliphatic heterocycles. The number of halogens is 1. The van der Waals surface area contributed by atoms with E-state index in [9.17, 15) is 23.9 Å². The number of esters is 1. The number of nitrogens with zero attached hydrogens (tertiary/aromatic N) is 2. The molecule has 0 aliphatic carbocycles. The minimum Gasteiger partial charge on any atom is -0.507 e. The number of hydrogen-bond acceptors (Lipinski definition) is 7. The first-order valence-corrected chi connectivity index (χ1v) is 12.7. The second-order valence-electron chi connectivity index (χ2n) is 9.09.